The molecule has 4 nitrogen and oxygen atoms in total. The van der Waals surface area contributed by atoms with Crippen LogP contribution in [-0.2, 0) is 9.59 Å². The minimum atomic E-state index is -0.978. The van der Waals surface area contributed by atoms with Gasteiger partial charge in [-0.2, -0.15) is 0 Å². The SMILES string of the molecule is CC(=O)C(CC(=O)O)c1cccnc1. The Labute approximate surface area is 81.6 Å². The van der Waals surface area contributed by atoms with E-state index >= 15 is 0 Å². The highest BCUT2D eigenvalue weighted by Crippen LogP contribution is 2.19. The van der Waals surface area contributed by atoms with Crippen molar-refractivity contribution in [2.24, 2.45) is 0 Å². The molecular weight excluding hydrogens is 182 g/mol. The van der Waals surface area contributed by atoms with Crippen molar-refractivity contribution in [3.05, 3.63) is 30.1 Å². The maximum atomic E-state index is 11.2. The topological polar surface area (TPSA) is 67.3 Å². The normalized spacial score (nSPS) is 12.1. The number of hydrogen-bond acceptors (Lipinski definition) is 3. The Hall–Kier alpha value is -1.71. The molecule has 1 N–H and O–H groups in total. The number of rotatable bonds is 4. The molecule has 1 rings (SSSR count). The number of aromatic nitrogens is 1. The molecule has 0 radical (unpaired) electrons. The number of nitrogens with zero attached hydrogens (tertiary/aromatic N) is 1. The van der Waals surface area contributed by atoms with Gasteiger partial charge in [-0.15, -0.1) is 0 Å². The summed E-state index contributed by atoms with van der Waals surface area (Å²) in [5.74, 6) is -1.71. The second-order valence-electron chi connectivity index (χ2n) is 3.05. The van der Waals surface area contributed by atoms with Crippen LogP contribution < -0.4 is 0 Å². The van der Waals surface area contributed by atoms with E-state index < -0.39 is 11.9 Å². The van der Waals surface area contributed by atoms with Crippen LogP contribution in [0.1, 0.15) is 24.8 Å². The molecule has 0 aliphatic heterocycles. The molecule has 0 bridgehead atoms. The largest absolute Gasteiger partial charge is 0.481 e. The monoisotopic (exact) mass is 193 g/mol. The summed E-state index contributed by atoms with van der Waals surface area (Å²) in [6.45, 7) is 1.39. The summed E-state index contributed by atoms with van der Waals surface area (Å²) < 4.78 is 0. The standard InChI is InChI=1S/C10H11NO3/c1-7(12)9(5-10(13)14)8-3-2-4-11-6-8/h2-4,6,9H,5H2,1H3,(H,13,14). The molecule has 0 fully saturated rings. The van der Waals surface area contributed by atoms with Gasteiger partial charge in [-0.25, -0.2) is 0 Å². The van der Waals surface area contributed by atoms with Crippen molar-refractivity contribution >= 4 is 11.8 Å². The number of carbonyl (C=O) groups excluding carboxylic acids is 1. The highest BCUT2D eigenvalue weighted by molar-refractivity contribution is 5.87. The third kappa shape index (κ3) is 2.65. The summed E-state index contributed by atoms with van der Waals surface area (Å²) in [6, 6.07) is 3.40. The molecule has 1 atom stereocenters. The Morgan fingerprint density at radius 3 is 2.71 bits per heavy atom. The van der Waals surface area contributed by atoms with Gasteiger partial charge < -0.3 is 5.11 Å². The molecule has 0 aliphatic carbocycles. The van der Waals surface area contributed by atoms with Gasteiger partial charge in [0.2, 0.25) is 0 Å². The summed E-state index contributed by atoms with van der Waals surface area (Å²) in [5.41, 5.74) is 0.655. The average molecular weight is 193 g/mol. The fourth-order valence-electron chi connectivity index (χ4n) is 1.25. The highest BCUT2D eigenvalue weighted by Gasteiger charge is 2.19. The van der Waals surface area contributed by atoms with Gasteiger partial charge in [0.1, 0.15) is 5.78 Å². The minimum Gasteiger partial charge on any atom is -0.481 e. The van der Waals surface area contributed by atoms with E-state index in [0.717, 1.165) is 0 Å². The molecule has 0 spiro atoms. The highest BCUT2D eigenvalue weighted by atomic mass is 16.4. The molecule has 74 valence electrons. The number of carboxylic acid groups (broad SMARTS) is 1. The predicted molar refractivity (Wildman–Crippen MR) is 49.9 cm³/mol. The van der Waals surface area contributed by atoms with Gasteiger partial charge in [-0.1, -0.05) is 6.07 Å². The van der Waals surface area contributed by atoms with E-state index in [1.165, 1.54) is 13.1 Å². The molecule has 14 heavy (non-hydrogen) atoms. The van der Waals surface area contributed by atoms with Crippen LogP contribution in [-0.4, -0.2) is 21.8 Å². The van der Waals surface area contributed by atoms with Crippen molar-refractivity contribution in [1.29, 1.82) is 0 Å². The van der Waals surface area contributed by atoms with Gasteiger partial charge in [0.05, 0.1) is 12.3 Å². The molecule has 0 saturated heterocycles. The van der Waals surface area contributed by atoms with Crippen LogP contribution in [0.3, 0.4) is 0 Å². The smallest absolute Gasteiger partial charge is 0.304 e. The van der Waals surface area contributed by atoms with E-state index in [4.69, 9.17) is 5.11 Å². The number of carbonyl (C=O) groups is 2. The van der Waals surface area contributed by atoms with Crippen LogP contribution in [0.15, 0.2) is 24.5 Å². The van der Waals surface area contributed by atoms with Crippen LogP contribution in [0.25, 0.3) is 0 Å². The van der Waals surface area contributed by atoms with Crippen LogP contribution in [0.5, 0.6) is 0 Å². The predicted octanol–water partition coefficient (Wildman–Crippen LogP) is 1.23. The Balaban J connectivity index is 2.89. The van der Waals surface area contributed by atoms with Crippen LogP contribution in [0, 0.1) is 0 Å². The molecule has 0 aliphatic rings. The van der Waals surface area contributed by atoms with Gasteiger partial charge >= 0.3 is 5.97 Å². The number of carboxylic acids is 1. The van der Waals surface area contributed by atoms with E-state index in [1.54, 1.807) is 18.3 Å². The Kier molecular flexibility index (Phi) is 3.34. The van der Waals surface area contributed by atoms with Crippen molar-refractivity contribution in [1.82, 2.24) is 4.98 Å². The summed E-state index contributed by atoms with van der Waals surface area (Å²) in [7, 11) is 0. The van der Waals surface area contributed by atoms with E-state index in [9.17, 15) is 9.59 Å². The quantitative estimate of drug-likeness (QED) is 0.780. The maximum Gasteiger partial charge on any atom is 0.304 e. The van der Waals surface area contributed by atoms with Crippen LogP contribution >= 0.6 is 0 Å². The van der Waals surface area contributed by atoms with Crippen LogP contribution in [0.4, 0.5) is 0 Å². The Morgan fingerprint density at radius 2 is 2.29 bits per heavy atom. The summed E-state index contributed by atoms with van der Waals surface area (Å²) >= 11 is 0. The molecule has 4 heteroatoms. The number of Topliss-reactive ketones (excluding diaryl/α,β-unsaturated/α-hetero) is 1. The van der Waals surface area contributed by atoms with E-state index in [1.807, 2.05) is 0 Å². The number of aliphatic carboxylic acids is 1. The summed E-state index contributed by atoms with van der Waals surface area (Å²) in [4.78, 5) is 25.6. The number of hydrogen-bond donors (Lipinski definition) is 1. The molecule has 1 heterocycles. The van der Waals surface area contributed by atoms with Crippen molar-refractivity contribution in [3.63, 3.8) is 0 Å². The second kappa shape index (κ2) is 4.50. The third-order valence-electron chi connectivity index (χ3n) is 1.96. The average Bonchev–Trinajstić information content (AvgIpc) is 2.15. The molecule has 1 unspecified atom stereocenters. The van der Waals surface area contributed by atoms with E-state index in [2.05, 4.69) is 4.98 Å². The zero-order valence-electron chi connectivity index (χ0n) is 7.80. The first-order chi connectivity index (χ1) is 6.61. The third-order valence-corrected chi connectivity index (χ3v) is 1.96. The molecule has 0 saturated carbocycles. The van der Waals surface area contributed by atoms with Crippen molar-refractivity contribution < 1.29 is 14.7 Å². The van der Waals surface area contributed by atoms with E-state index in [0.29, 0.717) is 5.56 Å². The lowest BCUT2D eigenvalue weighted by Gasteiger charge is -2.10. The molecule has 0 amide bonds. The summed E-state index contributed by atoms with van der Waals surface area (Å²) in [6.07, 6.45) is 2.93. The van der Waals surface area contributed by atoms with Gasteiger partial charge in [-0.05, 0) is 18.6 Å². The fraction of sp³-hybridized carbons (Fsp3) is 0.300. The first kappa shape index (κ1) is 10.4. The molecule has 1 aromatic heterocycles. The van der Waals surface area contributed by atoms with Gasteiger partial charge in [0, 0.05) is 12.4 Å². The first-order valence-electron chi connectivity index (χ1n) is 4.23. The van der Waals surface area contributed by atoms with Crippen molar-refractivity contribution in [2.75, 3.05) is 0 Å². The number of pyridine rings is 1. The molecular formula is C10H11NO3. The summed E-state index contributed by atoms with van der Waals surface area (Å²) in [5, 5.41) is 8.62. The first-order valence-corrected chi connectivity index (χ1v) is 4.23. The van der Waals surface area contributed by atoms with Crippen molar-refractivity contribution in [2.45, 2.75) is 19.3 Å². The zero-order valence-corrected chi connectivity index (χ0v) is 7.80. The molecule has 0 aromatic carbocycles. The fourth-order valence-corrected chi connectivity index (χ4v) is 1.25. The zero-order chi connectivity index (χ0) is 10.6. The Morgan fingerprint density at radius 1 is 1.57 bits per heavy atom. The molecule has 1 aromatic rings. The Bertz CT molecular complexity index is 334. The minimum absolute atomic E-state index is 0.152. The lowest BCUT2D eigenvalue weighted by Crippen LogP contribution is -2.13. The maximum absolute atomic E-state index is 11.2. The van der Waals surface area contributed by atoms with Crippen molar-refractivity contribution in [3.8, 4) is 0 Å². The number of ketones is 1. The van der Waals surface area contributed by atoms with Crippen LogP contribution in [0.2, 0.25) is 0 Å². The van der Waals surface area contributed by atoms with Gasteiger partial charge in [-0.3, -0.25) is 14.6 Å². The van der Waals surface area contributed by atoms with Gasteiger partial charge in [0.25, 0.3) is 0 Å². The lowest BCUT2D eigenvalue weighted by atomic mass is 9.94. The van der Waals surface area contributed by atoms with E-state index in [-0.39, 0.29) is 12.2 Å². The second-order valence-corrected chi connectivity index (χ2v) is 3.05. The lowest BCUT2D eigenvalue weighted by molar-refractivity contribution is -0.139. The van der Waals surface area contributed by atoms with Gasteiger partial charge in [0.15, 0.2) is 0 Å².